The molecule has 70 valence electrons. The molecular weight excluding hydrogens is 180 g/mol. The number of rotatable bonds is 0. The lowest BCUT2D eigenvalue weighted by molar-refractivity contribution is 0.859. The highest BCUT2D eigenvalue weighted by atomic mass is 32.2. The van der Waals surface area contributed by atoms with E-state index < -0.39 is 0 Å². The van der Waals surface area contributed by atoms with Crippen molar-refractivity contribution in [1.82, 2.24) is 4.98 Å². The molecule has 0 amide bonds. The zero-order chi connectivity index (χ0) is 9.26. The largest absolute Gasteiger partial charge is 0.383 e. The number of nitrogens with one attached hydrogen (secondary N) is 1. The van der Waals surface area contributed by atoms with Gasteiger partial charge in [0.25, 0.3) is 0 Å². The summed E-state index contributed by atoms with van der Waals surface area (Å²) in [7, 11) is 0. The predicted octanol–water partition coefficient (Wildman–Crippen LogP) is 2.69. The van der Waals surface area contributed by atoms with Crippen molar-refractivity contribution in [2.45, 2.75) is 30.5 Å². The van der Waals surface area contributed by atoms with Crippen LogP contribution in [-0.2, 0) is 0 Å². The van der Waals surface area contributed by atoms with Crippen LogP contribution < -0.4 is 5.32 Å². The third-order valence-electron chi connectivity index (χ3n) is 2.29. The molecule has 1 unspecified atom stereocenters. The Kier molecular flexibility index (Phi) is 2.44. The van der Waals surface area contributed by atoms with Gasteiger partial charge in [-0.3, -0.25) is 0 Å². The minimum Gasteiger partial charge on any atom is -0.383 e. The molecule has 3 heteroatoms. The lowest BCUT2D eigenvalue weighted by atomic mass is 10.2. The summed E-state index contributed by atoms with van der Waals surface area (Å²) in [6, 6.07) is 2.06. The van der Waals surface area contributed by atoms with Crippen LogP contribution in [0.4, 0.5) is 5.69 Å². The van der Waals surface area contributed by atoms with Crippen LogP contribution in [0.15, 0.2) is 17.3 Å². The molecule has 0 saturated heterocycles. The average Bonchev–Trinajstić information content (AvgIpc) is 2.27. The molecule has 1 aromatic rings. The molecule has 1 atom stereocenters. The zero-order valence-corrected chi connectivity index (χ0v) is 8.82. The van der Waals surface area contributed by atoms with Gasteiger partial charge < -0.3 is 5.32 Å². The van der Waals surface area contributed by atoms with E-state index in [1.165, 1.54) is 17.7 Å². The fourth-order valence-electron chi connectivity index (χ4n) is 1.49. The normalized spacial score (nSPS) is 21.5. The second kappa shape index (κ2) is 3.58. The summed E-state index contributed by atoms with van der Waals surface area (Å²) in [5.74, 6) is 0. The van der Waals surface area contributed by atoms with Gasteiger partial charge in [0.05, 0.1) is 5.69 Å². The van der Waals surface area contributed by atoms with Crippen molar-refractivity contribution >= 4 is 17.4 Å². The maximum Gasteiger partial charge on any atom is 0.120 e. The molecule has 0 aliphatic carbocycles. The fraction of sp³-hybridized carbons (Fsp3) is 0.500. The van der Waals surface area contributed by atoms with Crippen molar-refractivity contribution in [2.75, 3.05) is 11.9 Å². The average molecular weight is 194 g/mol. The van der Waals surface area contributed by atoms with Crippen LogP contribution in [0, 0.1) is 6.92 Å². The van der Waals surface area contributed by atoms with E-state index in [0.29, 0.717) is 5.25 Å². The van der Waals surface area contributed by atoms with Crippen LogP contribution in [0.2, 0.25) is 0 Å². The van der Waals surface area contributed by atoms with Gasteiger partial charge in [0, 0.05) is 18.0 Å². The molecule has 1 N–H and O–H groups in total. The van der Waals surface area contributed by atoms with Gasteiger partial charge in [-0.05, 0) is 25.0 Å². The molecule has 0 radical (unpaired) electrons. The Labute approximate surface area is 83.1 Å². The number of anilines is 1. The van der Waals surface area contributed by atoms with Gasteiger partial charge >= 0.3 is 0 Å². The van der Waals surface area contributed by atoms with Gasteiger partial charge in [0.1, 0.15) is 5.03 Å². The first-order valence-electron chi connectivity index (χ1n) is 4.63. The number of fused-ring (bicyclic) bond motifs is 1. The predicted molar refractivity (Wildman–Crippen MR) is 57.4 cm³/mol. The van der Waals surface area contributed by atoms with E-state index >= 15 is 0 Å². The van der Waals surface area contributed by atoms with Crippen molar-refractivity contribution in [1.29, 1.82) is 0 Å². The van der Waals surface area contributed by atoms with E-state index in [2.05, 4.69) is 30.2 Å². The molecule has 13 heavy (non-hydrogen) atoms. The standard InChI is InChI=1S/C10H14N2S/c1-7-3-5-12-10-9(7)11-6-4-8(2)13-10/h3,5,8,11H,4,6H2,1-2H3. The van der Waals surface area contributed by atoms with Crippen LogP contribution >= 0.6 is 11.8 Å². The molecule has 0 bridgehead atoms. The van der Waals surface area contributed by atoms with E-state index in [9.17, 15) is 0 Å². The monoisotopic (exact) mass is 194 g/mol. The highest BCUT2D eigenvalue weighted by Gasteiger charge is 2.15. The van der Waals surface area contributed by atoms with Gasteiger partial charge in [0.15, 0.2) is 0 Å². The topological polar surface area (TPSA) is 24.9 Å². The minimum atomic E-state index is 0.669. The molecular formula is C10H14N2S. The first-order chi connectivity index (χ1) is 6.27. The molecule has 0 fully saturated rings. The van der Waals surface area contributed by atoms with Crippen molar-refractivity contribution < 1.29 is 0 Å². The molecule has 0 spiro atoms. The summed E-state index contributed by atoms with van der Waals surface area (Å²) >= 11 is 1.87. The summed E-state index contributed by atoms with van der Waals surface area (Å²) in [4.78, 5) is 4.39. The molecule has 0 saturated carbocycles. The molecule has 1 aliphatic heterocycles. The van der Waals surface area contributed by atoms with Crippen molar-refractivity contribution in [3.8, 4) is 0 Å². The van der Waals surface area contributed by atoms with Gasteiger partial charge in [-0.25, -0.2) is 4.98 Å². The molecule has 1 aliphatic rings. The fourth-order valence-corrected chi connectivity index (χ4v) is 2.58. The quantitative estimate of drug-likeness (QED) is 0.687. The number of hydrogen-bond acceptors (Lipinski definition) is 3. The van der Waals surface area contributed by atoms with E-state index in [-0.39, 0.29) is 0 Å². The number of aryl methyl sites for hydroxylation is 1. The number of nitrogens with zero attached hydrogens (tertiary/aromatic N) is 1. The van der Waals surface area contributed by atoms with Gasteiger partial charge in [-0.15, -0.1) is 11.8 Å². The number of aromatic nitrogens is 1. The Morgan fingerprint density at radius 3 is 3.31 bits per heavy atom. The lowest BCUT2D eigenvalue weighted by Gasteiger charge is -2.08. The molecule has 2 rings (SSSR count). The van der Waals surface area contributed by atoms with Crippen LogP contribution in [0.1, 0.15) is 18.9 Å². The van der Waals surface area contributed by atoms with Crippen LogP contribution in [-0.4, -0.2) is 16.8 Å². The number of hydrogen-bond donors (Lipinski definition) is 1. The molecule has 2 nitrogen and oxygen atoms in total. The molecule has 1 aromatic heterocycles. The highest BCUT2D eigenvalue weighted by molar-refractivity contribution is 8.00. The van der Waals surface area contributed by atoms with Gasteiger partial charge in [-0.1, -0.05) is 6.92 Å². The lowest BCUT2D eigenvalue weighted by Crippen LogP contribution is -2.04. The van der Waals surface area contributed by atoms with E-state index in [1.807, 2.05) is 18.0 Å². The SMILES string of the molecule is Cc1ccnc2c1NCCC(C)S2. The van der Waals surface area contributed by atoms with Crippen molar-refractivity contribution in [2.24, 2.45) is 0 Å². The molecule has 0 aromatic carbocycles. The second-order valence-corrected chi connectivity index (χ2v) is 4.88. The summed E-state index contributed by atoms with van der Waals surface area (Å²) in [6.45, 7) is 5.45. The zero-order valence-electron chi connectivity index (χ0n) is 8.00. The maximum atomic E-state index is 4.39. The van der Waals surface area contributed by atoms with E-state index in [0.717, 1.165) is 11.6 Å². The summed E-state index contributed by atoms with van der Waals surface area (Å²) in [6.07, 6.45) is 3.10. The van der Waals surface area contributed by atoms with Crippen molar-refractivity contribution in [3.63, 3.8) is 0 Å². The van der Waals surface area contributed by atoms with Gasteiger partial charge in [-0.2, -0.15) is 0 Å². The third kappa shape index (κ3) is 1.80. The Hall–Kier alpha value is -0.700. The number of pyridine rings is 1. The number of thioether (sulfide) groups is 1. The van der Waals surface area contributed by atoms with Gasteiger partial charge in [0.2, 0.25) is 0 Å². The minimum absolute atomic E-state index is 0.669. The smallest absolute Gasteiger partial charge is 0.120 e. The summed E-state index contributed by atoms with van der Waals surface area (Å²) in [5, 5.41) is 5.27. The van der Waals surface area contributed by atoms with E-state index in [4.69, 9.17) is 0 Å². The Morgan fingerprint density at radius 2 is 2.46 bits per heavy atom. The Bertz CT molecular complexity index is 312. The first kappa shape index (κ1) is 8.88. The van der Waals surface area contributed by atoms with E-state index in [1.54, 1.807) is 0 Å². The van der Waals surface area contributed by atoms with Crippen molar-refractivity contribution in [3.05, 3.63) is 17.8 Å². The maximum absolute atomic E-state index is 4.39. The second-order valence-electron chi connectivity index (χ2n) is 3.45. The van der Waals surface area contributed by atoms with Crippen LogP contribution in [0.3, 0.4) is 0 Å². The third-order valence-corrected chi connectivity index (χ3v) is 3.46. The van der Waals surface area contributed by atoms with Crippen LogP contribution in [0.25, 0.3) is 0 Å². The Morgan fingerprint density at radius 1 is 1.62 bits per heavy atom. The Balaban J connectivity index is 2.39. The summed E-state index contributed by atoms with van der Waals surface area (Å²) in [5.41, 5.74) is 2.53. The molecule has 2 heterocycles. The van der Waals surface area contributed by atoms with Crippen LogP contribution in [0.5, 0.6) is 0 Å². The highest BCUT2D eigenvalue weighted by Crippen LogP contribution is 2.34. The first-order valence-corrected chi connectivity index (χ1v) is 5.51. The summed E-state index contributed by atoms with van der Waals surface area (Å²) < 4.78 is 0.